The Kier molecular flexibility index (Phi) is 8.61. The summed E-state index contributed by atoms with van der Waals surface area (Å²) >= 11 is 0. The van der Waals surface area contributed by atoms with E-state index in [1.807, 2.05) is 14.1 Å². The van der Waals surface area contributed by atoms with Crippen LogP contribution in [-0.4, -0.2) is 50.7 Å². The van der Waals surface area contributed by atoms with Crippen molar-refractivity contribution in [2.24, 2.45) is 0 Å². The molecule has 5 heteroatoms. The Hall–Kier alpha value is -0.320. The topological polar surface area (TPSA) is 41.6 Å². The van der Waals surface area contributed by atoms with E-state index in [2.05, 4.69) is 5.32 Å². The molecule has 4 nitrogen and oxygen atoms in total. The highest BCUT2D eigenvalue weighted by Gasteiger charge is 2.17. The molecule has 0 radical (unpaired) electrons. The summed E-state index contributed by atoms with van der Waals surface area (Å²) in [6.07, 6.45) is 5.05. The Morgan fingerprint density at radius 2 is 2.06 bits per heavy atom. The first-order chi connectivity index (χ1) is 7.24. The molecule has 0 bridgehead atoms. The minimum atomic E-state index is 0. The van der Waals surface area contributed by atoms with Gasteiger partial charge in [0.1, 0.15) is 6.61 Å². The maximum absolute atomic E-state index is 11.6. The zero-order valence-electron chi connectivity index (χ0n) is 10.2. The molecule has 96 valence electrons. The third-order valence-electron chi connectivity index (χ3n) is 2.87. The lowest BCUT2D eigenvalue weighted by Gasteiger charge is -2.18. The maximum Gasteiger partial charge on any atom is 0.248 e. The highest BCUT2D eigenvalue weighted by Crippen LogP contribution is 2.20. The third-order valence-corrected chi connectivity index (χ3v) is 2.87. The SMILES string of the molecule is CNCCN(C)C(=O)COC1CCCC1.Cl. The number of halogens is 1. The van der Waals surface area contributed by atoms with Crippen LogP contribution >= 0.6 is 12.4 Å². The summed E-state index contributed by atoms with van der Waals surface area (Å²) in [5.74, 6) is 0.0807. The normalized spacial score (nSPS) is 15.9. The summed E-state index contributed by atoms with van der Waals surface area (Å²) in [4.78, 5) is 13.3. The van der Waals surface area contributed by atoms with Crippen molar-refractivity contribution in [3.05, 3.63) is 0 Å². The first-order valence-corrected chi connectivity index (χ1v) is 5.74. The first kappa shape index (κ1) is 15.7. The van der Waals surface area contributed by atoms with E-state index >= 15 is 0 Å². The number of ether oxygens (including phenoxy) is 1. The van der Waals surface area contributed by atoms with Gasteiger partial charge in [0.15, 0.2) is 0 Å². The monoisotopic (exact) mass is 250 g/mol. The standard InChI is InChI=1S/C11H22N2O2.ClH/c1-12-7-8-13(2)11(14)9-15-10-5-3-4-6-10;/h10,12H,3-9H2,1-2H3;1H. The van der Waals surface area contributed by atoms with Gasteiger partial charge in [-0.25, -0.2) is 0 Å². The fraction of sp³-hybridized carbons (Fsp3) is 0.909. The summed E-state index contributed by atoms with van der Waals surface area (Å²) in [5.41, 5.74) is 0. The van der Waals surface area contributed by atoms with Gasteiger partial charge in [0, 0.05) is 20.1 Å². The molecule has 0 aliphatic heterocycles. The molecule has 0 heterocycles. The van der Waals surface area contributed by atoms with Crippen LogP contribution in [0, 0.1) is 0 Å². The predicted molar refractivity (Wildman–Crippen MR) is 67.0 cm³/mol. The molecule has 16 heavy (non-hydrogen) atoms. The number of nitrogens with one attached hydrogen (secondary N) is 1. The zero-order chi connectivity index (χ0) is 11.1. The number of hydrogen-bond acceptors (Lipinski definition) is 3. The second-order valence-electron chi connectivity index (χ2n) is 4.14. The van der Waals surface area contributed by atoms with Crippen LogP contribution < -0.4 is 5.32 Å². The molecule has 0 atom stereocenters. The molecule has 0 spiro atoms. The minimum absolute atomic E-state index is 0. The smallest absolute Gasteiger partial charge is 0.248 e. The Morgan fingerprint density at radius 3 is 2.62 bits per heavy atom. The first-order valence-electron chi connectivity index (χ1n) is 5.74. The van der Waals surface area contributed by atoms with Crippen molar-refractivity contribution in [3.8, 4) is 0 Å². The van der Waals surface area contributed by atoms with Crippen molar-refractivity contribution in [3.63, 3.8) is 0 Å². The van der Waals surface area contributed by atoms with E-state index in [0.29, 0.717) is 6.10 Å². The Bertz CT molecular complexity index is 196. The van der Waals surface area contributed by atoms with Crippen LogP contribution in [0.15, 0.2) is 0 Å². The lowest BCUT2D eigenvalue weighted by atomic mass is 10.3. The van der Waals surface area contributed by atoms with Gasteiger partial charge in [0.25, 0.3) is 0 Å². The fourth-order valence-corrected chi connectivity index (χ4v) is 1.76. The third kappa shape index (κ3) is 5.68. The van der Waals surface area contributed by atoms with E-state index in [0.717, 1.165) is 25.9 Å². The van der Waals surface area contributed by atoms with Crippen LogP contribution in [0.5, 0.6) is 0 Å². The highest BCUT2D eigenvalue weighted by molar-refractivity contribution is 5.85. The highest BCUT2D eigenvalue weighted by atomic mass is 35.5. The number of hydrogen-bond donors (Lipinski definition) is 1. The molecule has 1 fully saturated rings. The molecule has 0 aromatic carbocycles. The van der Waals surface area contributed by atoms with Crippen molar-refractivity contribution < 1.29 is 9.53 Å². The summed E-state index contributed by atoms with van der Waals surface area (Å²) in [6, 6.07) is 0. The molecule has 0 aromatic heterocycles. The molecule has 1 N–H and O–H groups in total. The molecule has 0 saturated heterocycles. The number of likely N-dealkylation sites (N-methyl/N-ethyl adjacent to an activating group) is 2. The minimum Gasteiger partial charge on any atom is -0.368 e. The van der Waals surface area contributed by atoms with Crippen LogP contribution in [0.3, 0.4) is 0 Å². The van der Waals surface area contributed by atoms with Gasteiger partial charge < -0.3 is 15.0 Å². The summed E-state index contributed by atoms with van der Waals surface area (Å²) < 4.78 is 5.55. The lowest BCUT2D eigenvalue weighted by Crippen LogP contribution is -2.35. The van der Waals surface area contributed by atoms with E-state index < -0.39 is 0 Å². The number of carbonyl (C=O) groups is 1. The molecule has 0 aromatic rings. The Balaban J connectivity index is 0.00000225. The van der Waals surface area contributed by atoms with Gasteiger partial charge in [-0.05, 0) is 19.9 Å². The van der Waals surface area contributed by atoms with E-state index in [1.54, 1.807) is 4.90 Å². The fourth-order valence-electron chi connectivity index (χ4n) is 1.76. The van der Waals surface area contributed by atoms with Crippen molar-refractivity contribution >= 4 is 18.3 Å². The average Bonchev–Trinajstić information content (AvgIpc) is 2.75. The van der Waals surface area contributed by atoms with Crippen LogP contribution in [0.4, 0.5) is 0 Å². The second-order valence-corrected chi connectivity index (χ2v) is 4.14. The lowest BCUT2D eigenvalue weighted by molar-refractivity contribution is -0.136. The van der Waals surface area contributed by atoms with Gasteiger partial charge in [0.05, 0.1) is 6.10 Å². The molecule has 1 aliphatic carbocycles. The van der Waals surface area contributed by atoms with E-state index in [-0.39, 0.29) is 24.9 Å². The molecule has 1 amide bonds. The number of amides is 1. The van der Waals surface area contributed by atoms with Crippen LogP contribution in [0.2, 0.25) is 0 Å². The van der Waals surface area contributed by atoms with Crippen molar-refractivity contribution in [2.45, 2.75) is 31.8 Å². The van der Waals surface area contributed by atoms with Crippen LogP contribution in [-0.2, 0) is 9.53 Å². The number of rotatable bonds is 6. The van der Waals surface area contributed by atoms with Gasteiger partial charge in [-0.15, -0.1) is 12.4 Å². The largest absolute Gasteiger partial charge is 0.368 e. The van der Waals surface area contributed by atoms with E-state index in [1.165, 1.54) is 12.8 Å². The van der Waals surface area contributed by atoms with Gasteiger partial charge in [0.2, 0.25) is 5.91 Å². The van der Waals surface area contributed by atoms with Crippen molar-refractivity contribution in [1.82, 2.24) is 10.2 Å². The summed E-state index contributed by atoms with van der Waals surface area (Å²) in [5, 5.41) is 3.02. The predicted octanol–water partition coefficient (Wildman–Crippen LogP) is 1.05. The number of carbonyl (C=O) groups excluding carboxylic acids is 1. The van der Waals surface area contributed by atoms with Crippen LogP contribution in [0.1, 0.15) is 25.7 Å². The van der Waals surface area contributed by atoms with Crippen molar-refractivity contribution in [1.29, 1.82) is 0 Å². The molecule has 1 saturated carbocycles. The van der Waals surface area contributed by atoms with Crippen molar-refractivity contribution in [2.75, 3.05) is 33.8 Å². The zero-order valence-corrected chi connectivity index (χ0v) is 11.0. The van der Waals surface area contributed by atoms with Gasteiger partial charge in [-0.3, -0.25) is 4.79 Å². The molecule has 1 rings (SSSR count). The molecule has 1 aliphatic rings. The quantitative estimate of drug-likeness (QED) is 0.766. The Morgan fingerprint density at radius 1 is 1.44 bits per heavy atom. The maximum atomic E-state index is 11.6. The molecular formula is C11H23ClN2O2. The summed E-state index contributed by atoms with van der Waals surface area (Å²) in [6.45, 7) is 1.81. The van der Waals surface area contributed by atoms with Gasteiger partial charge in [-0.2, -0.15) is 0 Å². The Labute approximate surface area is 104 Å². The molecule has 0 unspecified atom stereocenters. The van der Waals surface area contributed by atoms with Gasteiger partial charge >= 0.3 is 0 Å². The average molecular weight is 251 g/mol. The second kappa shape index (κ2) is 8.79. The van der Waals surface area contributed by atoms with Crippen LogP contribution in [0.25, 0.3) is 0 Å². The summed E-state index contributed by atoms with van der Waals surface area (Å²) in [7, 11) is 3.70. The van der Waals surface area contributed by atoms with E-state index in [4.69, 9.17) is 4.74 Å². The number of nitrogens with zero attached hydrogens (tertiary/aromatic N) is 1. The van der Waals surface area contributed by atoms with Gasteiger partial charge in [-0.1, -0.05) is 12.8 Å². The van der Waals surface area contributed by atoms with E-state index in [9.17, 15) is 4.79 Å². The molecular weight excluding hydrogens is 228 g/mol.